The molecule has 0 amide bonds. The monoisotopic (exact) mass is 858 g/mol. The number of rotatable bonds is 7. The number of hydrogen-bond acceptors (Lipinski definition) is 4. The highest BCUT2D eigenvalue weighted by atomic mass is 16.3. The van der Waals surface area contributed by atoms with Gasteiger partial charge in [0, 0.05) is 56.3 Å². The van der Waals surface area contributed by atoms with Gasteiger partial charge in [0.05, 0.1) is 28.1 Å². The van der Waals surface area contributed by atoms with E-state index in [2.05, 4.69) is 197 Å². The Hall–Kier alpha value is -7.63. The summed E-state index contributed by atoms with van der Waals surface area (Å²) in [7, 11) is 0. The third-order valence-electron chi connectivity index (χ3n) is 12.8. The van der Waals surface area contributed by atoms with Crippen LogP contribution in [0, 0.1) is 13.8 Å². The van der Waals surface area contributed by atoms with Crippen molar-refractivity contribution in [2.24, 2.45) is 0 Å². The lowest BCUT2D eigenvalue weighted by Gasteiger charge is -2.26. The molecule has 0 fully saturated rings. The number of para-hydroxylation sites is 3. The topological polar surface area (TPSA) is 63.8 Å². The van der Waals surface area contributed by atoms with Crippen molar-refractivity contribution in [3.63, 3.8) is 0 Å². The van der Waals surface area contributed by atoms with E-state index >= 15 is 0 Å². The first-order chi connectivity index (χ1) is 31.7. The number of phenolic OH excluding ortho intramolecular Hbond substituents is 1. The van der Waals surface area contributed by atoms with Crippen molar-refractivity contribution in [1.29, 1.82) is 0 Å². The third-order valence-corrected chi connectivity index (χ3v) is 12.8. The zero-order valence-corrected chi connectivity index (χ0v) is 39.0. The van der Waals surface area contributed by atoms with E-state index in [0.29, 0.717) is 11.3 Å². The molecule has 5 nitrogen and oxygen atoms in total. The fourth-order valence-electron chi connectivity index (χ4n) is 9.25. The lowest BCUT2D eigenvalue weighted by molar-refractivity contribution is 0.477. The number of hydrogen-bond donors (Lipinski definition) is 1. The summed E-state index contributed by atoms with van der Waals surface area (Å²) in [5.74, 6) is 0.197. The van der Waals surface area contributed by atoms with Crippen LogP contribution in [0.1, 0.15) is 64.1 Å². The average molecular weight is 859 g/mol. The van der Waals surface area contributed by atoms with Crippen LogP contribution in [0.25, 0.3) is 94.6 Å². The second-order valence-electron chi connectivity index (χ2n) is 19.7. The van der Waals surface area contributed by atoms with Crippen molar-refractivity contribution in [2.45, 2.75) is 66.2 Å². The first-order valence-electron chi connectivity index (χ1n) is 22.8. The summed E-state index contributed by atoms with van der Waals surface area (Å²) in [4.78, 5) is 14.8. The largest absolute Gasteiger partial charge is 0.507 e. The highest BCUT2D eigenvalue weighted by molar-refractivity contribution is 6.14. The highest BCUT2D eigenvalue weighted by Crippen LogP contribution is 2.41. The molecule has 10 aromatic rings. The van der Waals surface area contributed by atoms with Gasteiger partial charge in [0.15, 0.2) is 0 Å². The minimum atomic E-state index is -0.0462. The molecule has 0 atom stereocenters. The molecule has 324 valence electrons. The van der Waals surface area contributed by atoms with Gasteiger partial charge >= 0.3 is 0 Å². The molecular weight excluding hydrogens is 805 g/mol. The quantitative estimate of drug-likeness (QED) is 0.173. The third kappa shape index (κ3) is 8.07. The smallest absolute Gasteiger partial charge is 0.124 e. The van der Waals surface area contributed by atoms with E-state index < -0.39 is 0 Å². The lowest BCUT2D eigenvalue weighted by Crippen LogP contribution is -2.16. The van der Waals surface area contributed by atoms with Crippen molar-refractivity contribution < 1.29 is 5.11 Å². The summed E-state index contributed by atoms with van der Waals surface area (Å²) >= 11 is 0. The Morgan fingerprint density at radius 1 is 0.424 bits per heavy atom. The van der Waals surface area contributed by atoms with E-state index in [-0.39, 0.29) is 16.6 Å². The Labute approximate surface area is 388 Å². The summed E-state index contributed by atoms with van der Waals surface area (Å²) in [6.45, 7) is 17.7. The standard InChI is InChI=1S/C61H54N4O/c1-38-29-44(30-39(2)63-38)40-23-25-49(26-24-40)65-57-21-11-9-17-51(57)52-20-14-19-50(59(52)65)41-27-28-62-54(34-41)42-15-13-16-43(31-42)55-35-46(36-56(64-55)53-18-10-12-22-58(53)66)45-32-47(60(3,4)5)37-48(33-45)61(6,7)8/h9-37,66H,1-8H3. The van der Waals surface area contributed by atoms with Gasteiger partial charge in [-0.15, -0.1) is 0 Å². The molecule has 1 N–H and O–H groups in total. The Morgan fingerprint density at radius 3 is 1.71 bits per heavy atom. The minimum Gasteiger partial charge on any atom is -0.507 e. The zero-order valence-electron chi connectivity index (χ0n) is 39.0. The second-order valence-corrected chi connectivity index (χ2v) is 19.7. The number of aromatic nitrogens is 4. The van der Waals surface area contributed by atoms with Crippen LogP contribution < -0.4 is 0 Å². The SMILES string of the molecule is Cc1cc(-c2ccc(-n3c4ccccc4c4cccc(-c5ccnc(-c6cccc(-c7cc(-c8cc(C(C)(C)C)cc(C(C)(C)C)c8)cc(-c8ccccc8O)n7)c6)c5)c43)cc2)cc(C)n1. The van der Waals surface area contributed by atoms with Crippen molar-refractivity contribution in [3.05, 3.63) is 199 Å². The molecule has 0 unspecified atom stereocenters. The van der Waals surface area contributed by atoms with E-state index in [9.17, 15) is 5.11 Å². The van der Waals surface area contributed by atoms with Gasteiger partial charge in [-0.1, -0.05) is 139 Å². The number of phenols is 1. The molecule has 0 spiro atoms. The van der Waals surface area contributed by atoms with Crippen molar-refractivity contribution in [1.82, 2.24) is 19.5 Å². The summed E-state index contributed by atoms with van der Waals surface area (Å²) in [5.41, 5.74) is 19.6. The summed E-state index contributed by atoms with van der Waals surface area (Å²) < 4.78 is 2.40. The molecule has 0 saturated carbocycles. The number of nitrogens with zero attached hydrogens (tertiary/aromatic N) is 4. The van der Waals surface area contributed by atoms with Gasteiger partial charge in [-0.2, -0.15) is 0 Å². The van der Waals surface area contributed by atoms with E-state index in [1.54, 1.807) is 6.07 Å². The molecule has 0 aliphatic rings. The van der Waals surface area contributed by atoms with Crippen LogP contribution in [0.15, 0.2) is 176 Å². The molecule has 0 radical (unpaired) electrons. The first-order valence-corrected chi connectivity index (χ1v) is 22.8. The summed E-state index contributed by atoms with van der Waals surface area (Å²) in [5, 5.41) is 13.5. The number of aryl methyl sites for hydroxylation is 2. The summed E-state index contributed by atoms with van der Waals surface area (Å²) in [6, 6.07) is 60.0. The van der Waals surface area contributed by atoms with Crippen LogP contribution in [0.4, 0.5) is 0 Å². The molecule has 0 aliphatic carbocycles. The van der Waals surface area contributed by atoms with Crippen LogP contribution in [-0.2, 0) is 10.8 Å². The lowest BCUT2D eigenvalue weighted by atomic mass is 9.79. The average Bonchev–Trinajstić information content (AvgIpc) is 3.65. The molecule has 66 heavy (non-hydrogen) atoms. The van der Waals surface area contributed by atoms with Crippen molar-refractivity contribution >= 4 is 21.8 Å². The molecule has 6 aromatic carbocycles. The fraction of sp³-hybridized carbons (Fsp3) is 0.164. The van der Waals surface area contributed by atoms with Gasteiger partial charge in [-0.05, 0) is 136 Å². The Morgan fingerprint density at radius 2 is 1.00 bits per heavy atom. The minimum absolute atomic E-state index is 0.0462. The van der Waals surface area contributed by atoms with E-state index in [4.69, 9.17) is 9.97 Å². The Kier molecular flexibility index (Phi) is 10.5. The fourth-order valence-corrected chi connectivity index (χ4v) is 9.25. The van der Waals surface area contributed by atoms with Gasteiger partial charge in [-0.3, -0.25) is 9.97 Å². The highest BCUT2D eigenvalue weighted by Gasteiger charge is 2.23. The maximum absolute atomic E-state index is 11.1. The Balaban J connectivity index is 1.09. The molecule has 0 bridgehead atoms. The van der Waals surface area contributed by atoms with Crippen LogP contribution in [0.5, 0.6) is 5.75 Å². The Bertz CT molecular complexity index is 3420. The number of benzene rings is 6. The maximum Gasteiger partial charge on any atom is 0.124 e. The van der Waals surface area contributed by atoms with Gasteiger partial charge in [0.2, 0.25) is 0 Å². The normalized spacial score (nSPS) is 12.0. The maximum atomic E-state index is 11.1. The van der Waals surface area contributed by atoms with Crippen molar-refractivity contribution in [2.75, 3.05) is 0 Å². The van der Waals surface area contributed by atoms with Crippen LogP contribution in [-0.4, -0.2) is 24.6 Å². The molecule has 4 aromatic heterocycles. The van der Waals surface area contributed by atoms with Crippen LogP contribution in [0.2, 0.25) is 0 Å². The molecule has 4 heterocycles. The molecule has 0 saturated heterocycles. The second kappa shape index (κ2) is 16.4. The molecule has 5 heteroatoms. The van der Waals surface area contributed by atoms with Gasteiger partial charge in [0.25, 0.3) is 0 Å². The number of pyridine rings is 3. The molecular formula is C61H54N4O. The van der Waals surface area contributed by atoms with E-state index in [0.717, 1.165) is 78.4 Å². The number of aromatic hydroxyl groups is 1. The van der Waals surface area contributed by atoms with Crippen molar-refractivity contribution in [3.8, 4) is 78.6 Å². The molecule has 10 rings (SSSR count). The predicted octanol–water partition coefficient (Wildman–Crippen LogP) is 15.9. The van der Waals surface area contributed by atoms with E-state index in [1.807, 2.05) is 38.2 Å². The van der Waals surface area contributed by atoms with Crippen LogP contribution >= 0.6 is 0 Å². The zero-order chi connectivity index (χ0) is 45.9. The number of fused-ring (bicyclic) bond motifs is 3. The predicted molar refractivity (Wildman–Crippen MR) is 275 cm³/mol. The molecule has 0 aliphatic heterocycles. The van der Waals surface area contributed by atoms with Gasteiger partial charge in [-0.25, -0.2) is 4.98 Å². The summed E-state index contributed by atoms with van der Waals surface area (Å²) in [6.07, 6.45) is 1.92. The van der Waals surface area contributed by atoms with Crippen LogP contribution in [0.3, 0.4) is 0 Å². The van der Waals surface area contributed by atoms with Gasteiger partial charge < -0.3 is 9.67 Å². The first kappa shape index (κ1) is 42.3. The van der Waals surface area contributed by atoms with E-state index in [1.165, 1.54) is 27.5 Å². The van der Waals surface area contributed by atoms with Gasteiger partial charge in [0.1, 0.15) is 5.75 Å².